The summed E-state index contributed by atoms with van der Waals surface area (Å²) in [4.78, 5) is 37.4. The molecule has 3 rings (SSSR count). The molecule has 1 N–H and O–H groups in total. The van der Waals surface area contributed by atoms with E-state index in [2.05, 4.69) is 5.32 Å². The Morgan fingerprint density at radius 2 is 1.81 bits per heavy atom. The van der Waals surface area contributed by atoms with E-state index in [0.29, 0.717) is 22.0 Å². The molecule has 6 nitrogen and oxygen atoms in total. The van der Waals surface area contributed by atoms with Gasteiger partial charge in [0.2, 0.25) is 0 Å². The molecule has 0 saturated heterocycles. The van der Waals surface area contributed by atoms with Crippen molar-refractivity contribution in [2.45, 2.75) is 20.0 Å². The number of ether oxygens (including phenoxy) is 1. The molecule has 1 aliphatic heterocycles. The third kappa shape index (κ3) is 3.28. The number of anilines is 1. The monoisotopic (exact) mass is 372 g/mol. The van der Waals surface area contributed by atoms with Crippen molar-refractivity contribution in [2.75, 3.05) is 12.4 Å². The Morgan fingerprint density at radius 3 is 2.50 bits per heavy atom. The first-order valence-corrected chi connectivity index (χ1v) is 8.36. The summed E-state index contributed by atoms with van der Waals surface area (Å²) in [5, 5.41) is 3.29. The van der Waals surface area contributed by atoms with E-state index in [-0.39, 0.29) is 23.3 Å². The van der Waals surface area contributed by atoms with E-state index in [1.165, 1.54) is 19.2 Å². The lowest BCUT2D eigenvalue weighted by Crippen LogP contribution is -2.30. The molecular weight excluding hydrogens is 356 g/mol. The van der Waals surface area contributed by atoms with Gasteiger partial charge in [0.25, 0.3) is 17.7 Å². The highest BCUT2D eigenvalue weighted by Gasteiger charge is 2.32. The van der Waals surface area contributed by atoms with Gasteiger partial charge in [-0.1, -0.05) is 11.6 Å². The van der Waals surface area contributed by atoms with Crippen LogP contribution in [0.15, 0.2) is 36.4 Å². The van der Waals surface area contributed by atoms with E-state index in [0.717, 1.165) is 10.5 Å². The minimum Gasteiger partial charge on any atom is -0.481 e. The summed E-state index contributed by atoms with van der Waals surface area (Å²) >= 11 is 5.91. The summed E-state index contributed by atoms with van der Waals surface area (Å²) in [6.07, 6.45) is -0.761. The number of hydrogen-bond acceptors (Lipinski definition) is 4. The second kappa shape index (κ2) is 6.80. The number of rotatable bonds is 4. The summed E-state index contributed by atoms with van der Waals surface area (Å²) < 4.78 is 5.68. The van der Waals surface area contributed by atoms with Crippen LogP contribution in [-0.2, 0) is 4.79 Å². The smallest absolute Gasteiger partial charge is 0.265 e. The van der Waals surface area contributed by atoms with Crippen molar-refractivity contribution in [3.8, 4) is 5.75 Å². The van der Waals surface area contributed by atoms with Crippen molar-refractivity contribution in [3.05, 3.63) is 58.1 Å². The molecule has 0 spiro atoms. The lowest BCUT2D eigenvalue weighted by Gasteiger charge is -2.16. The highest BCUT2D eigenvalue weighted by Crippen LogP contribution is 2.26. The number of benzene rings is 2. The number of aryl methyl sites for hydroxylation is 1. The van der Waals surface area contributed by atoms with Gasteiger partial charge in [-0.15, -0.1) is 0 Å². The molecule has 2 aromatic carbocycles. The van der Waals surface area contributed by atoms with Gasteiger partial charge < -0.3 is 10.1 Å². The normalized spacial score (nSPS) is 14.2. The molecule has 26 heavy (non-hydrogen) atoms. The fourth-order valence-electron chi connectivity index (χ4n) is 2.67. The maximum absolute atomic E-state index is 12.4. The van der Waals surface area contributed by atoms with Crippen LogP contribution in [0, 0.1) is 6.92 Å². The maximum atomic E-state index is 12.4. The number of amides is 3. The van der Waals surface area contributed by atoms with Crippen LogP contribution >= 0.6 is 11.6 Å². The van der Waals surface area contributed by atoms with Crippen LogP contribution in [0.5, 0.6) is 5.75 Å². The van der Waals surface area contributed by atoms with Crippen molar-refractivity contribution in [1.29, 1.82) is 0 Å². The molecule has 7 heteroatoms. The fraction of sp³-hybridized carbons (Fsp3) is 0.211. The molecule has 134 valence electrons. The Morgan fingerprint density at radius 1 is 1.12 bits per heavy atom. The van der Waals surface area contributed by atoms with Crippen molar-refractivity contribution >= 4 is 35.0 Å². The van der Waals surface area contributed by atoms with Gasteiger partial charge in [-0.25, -0.2) is 0 Å². The quantitative estimate of drug-likeness (QED) is 0.836. The van der Waals surface area contributed by atoms with E-state index < -0.39 is 6.10 Å². The first kappa shape index (κ1) is 17.9. The third-order valence-corrected chi connectivity index (χ3v) is 4.40. The topological polar surface area (TPSA) is 75.7 Å². The molecule has 0 fully saturated rings. The van der Waals surface area contributed by atoms with Gasteiger partial charge in [0.1, 0.15) is 5.75 Å². The van der Waals surface area contributed by atoms with E-state index in [4.69, 9.17) is 16.3 Å². The Hall–Kier alpha value is -2.86. The van der Waals surface area contributed by atoms with Gasteiger partial charge in [-0.3, -0.25) is 19.3 Å². The third-order valence-electron chi connectivity index (χ3n) is 4.17. The SMILES string of the molecule is Cc1cc(Cl)ccc1OC(C)C(=O)Nc1ccc2c(c1)C(=O)N(C)C2=O. The Bertz CT molecular complexity index is 926. The van der Waals surface area contributed by atoms with E-state index in [1.54, 1.807) is 31.2 Å². The van der Waals surface area contributed by atoms with Gasteiger partial charge in [0.05, 0.1) is 11.1 Å². The number of hydrogen-bond donors (Lipinski definition) is 1. The van der Waals surface area contributed by atoms with Crippen LogP contribution in [0.4, 0.5) is 5.69 Å². The second-order valence-electron chi connectivity index (χ2n) is 6.09. The average Bonchev–Trinajstić information content (AvgIpc) is 2.81. The number of nitrogens with one attached hydrogen (secondary N) is 1. The fourth-order valence-corrected chi connectivity index (χ4v) is 2.90. The largest absolute Gasteiger partial charge is 0.481 e. The van der Waals surface area contributed by atoms with Crippen LogP contribution in [0.2, 0.25) is 5.02 Å². The number of carbonyl (C=O) groups is 3. The average molecular weight is 373 g/mol. The van der Waals surface area contributed by atoms with Crippen molar-refractivity contribution in [1.82, 2.24) is 4.90 Å². The molecule has 0 aromatic heterocycles. The van der Waals surface area contributed by atoms with E-state index >= 15 is 0 Å². The number of nitrogens with zero attached hydrogens (tertiary/aromatic N) is 1. The van der Waals surface area contributed by atoms with Crippen LogP contribution < -0.4 is 10.1 Å². The molecule has 0 saturated carbocycles. The predicted molar refractivity (Wildman–Crippen MR) is 97.8 cm³/mol. The molecular formula is C19H17ClN2O4. The van der Waals surface area contributed by atoms with Gasteiger partial charge >= 0.3 is 0 Å². The van der Waals surface area contributed by atoms with Gasteiger partial charge in [0, 0.05) is 17.8 Å². The number of fused-ring (bicyclic) bond motifs is 1. The van der Waals surface area contributed by atoms with Crippen LogP contribution in [0.25, 0.3) is 0 Å². The van der Waals surface area contributed by atoms with Crippen molar-refractivity contribution in [2.24, 2.45) is 0 Å². The molecule has 1 unspecified atom stereocenters. The summed E-state index contributed by atoms with van der Waals surface area (Å²) in [5.41, 5.74) is 1.85. The minimum atomic E-state index is -0.761. The standard InChI is InChI=1S/C19H17ClN2O4/c1-10-8-12(20)4-7-16(10)26-11(2)17(23)21-13-5-6-14-15(9-13)19(25)22(3)18(14)24/h4-9,11H,1-3H3,(H,21,23). The zero-order chi connectivity index (χ0) is 19.0. The zero-order valence-corrected chi connectivity index (χ0v) is 15.3. The second-order valence-corrected chi connectivity index (χ2v) is 6.53. The highest BCUT2D eigenvalue weighted by atomic mass is 35.5. The van der Waals surface area contributed by atoms with Crippen molar-refractivity contribution in [3.63, 3.8) is 0 Å². The molecule has 1 aliphatic rings. The molecule has 0 bridgehead atoms. The molecule has 0 radical (unpaired) electrons. The lowest BCUT2D eigenvalue weighted by atomic mass is 10.1. The molecule has 1 atom stereocenters. The van der Waals surface area contributed by atoms with Gasteiger partial charge in [0.15, 0.2) is 6.10 Å². The van der Waals surface area contributed by atoms with Crippen LogP contribution in [0.3, 0.4) is 0 Å². The van der Waals surface area contributed by atoms with Crippen molar-refractivity contribution < 1.29 is 19.1 Å². The molecule has 3 amide bonds. The Labute approximate surface area is 155 Å². The predicted octanol–water partition coefficient (Wildman–Crippen LogP) is 3.28. The van der Waals surface area contributed by atoms with E-state index in [1.807, 2.05) is 6.92 Å². The molecule has 0 aliphatic carbocycles. The van der Waals surface area contributed by atoms with E-state index in [9.17, 15) is 14.4 Å². The zero-order valence-electron chi connectivity index (χ0n) is 14.5. The maximum Gasteiger partial charge on any atom is 0.265 e. The Kier molecular flexibility index (Phi) is 4.70. The summed E-state index contributed by atoms with van der Waals surface area (Å²) in [7, 11) is 1.42. The number of halogens is 1. The van der Waals surface area contributed by atoms with Crippen LogP contribution in [-0.4, -0.2) is 35.8 Å². The molecule has 1 heterocycles. The summed E-state index contributed by atoms with van der Waals surface area (Å²) in [6.45, 7) is 3.46. The minimum absolute atomic E-state index is 0.275. The highest BCUT2D eigenvalue weighted by molar-refractivity contribution is 6.30. The summed E-state index contributed by atoms with van der Waals surface area (Å²) in [5.74, 6) is -0.544. The van der Waals surface area contributed by atoms with Crippen LogP contribution in [0.1, 0.15) is 33.2 Å². The first-order valence-electron chi connectivity index (χ1n) is 7.98. The summed E-state index contributed by atoms with van der Waals surface area (Å²) in [6, 6.07) is 9.76. The first-order chi connectivity index (χ1) is 12.3. The van der Waals surface area contributed by atoms with Gasteiger partial charge in [-0.05, 0) is 55.8 Å². The lowest BCUT2D eigenvalue weighted by molar-refractivity contribution is -0.122. The molecule has 2 aromatic rings. The Balaban J connectivity index is 1.72. The number of carbonyl (C=O) groups excluding carboxylic acids is 3. The number of imide groups is 1. The van der Waals surface area contributed by atoms with Gasteiger partial charge in [-0.2, -0.15) is 0 Å².